The third-order valence-electron chi connectivity index (χ3n) is 5.79. The van der Waals surface area contributed by atoms with Crippen LogP contribution >= 0.6 is 11.3 Å². The smallest absolute Gasteiger partial charge is 0.352 e. The Bertz CT molecular complexity index is 1630. The fourth-order valence-electron chi connectivity index (χ4n) is 4.12. The van der Waals surface area contributed by atoms with Crippen molar-refractivity contribution >= 4 is 27.3 Å². The molecule has 0 N–H and O–H groups in total. The molecular formula is C26H26N4O4S. The summed E-state index contributed by atoms with van der Waals surface area (Å²) in [6, 6.07) is 15.4. The lowest BCUT2D eigenvalue weighted by atomic mass is 10.1. The summed E-state index contributed by atoms with van der Waals surface area (Å²) in [5.41, 5.74) is 3.07. The van der Waals surface area contributed by atoms with Crippen molar-refractivity contribution in [2.24, 2.45) is 0 Å². The average molecular weight is 491 g/mol. The number of aromatic nitrogens is 4. The standard InChI is InChI=1S/C26H26N4O4S/c1-4-33-21-11-10-19(14-22(21)34-5-2)15-28-24(31)23-20(12-13-35-23)30-25(28)27-29(26(30)32)16-18-8-6-17(3)7-9-18/h6-14H,4-5,15-16H2,1-3H3. The predicted molar refractivity (Wildman–Crippen MR) is 137 cm³/mol. The Balaban J connectivity index is 1.64. The minimum Gasteiger partial charge on any atom is -0.490 e. The van der Waals surface area contributed by atoms with E-state index in [0.29, 0.717) is 47.3 Å². The Hall–Kier alpha value is -3.85. The topological polar surface area (TPSA) is 79.8 Å². The highest BCUT2D eigenvalue weighted by Gasteiger charge is 2.19. The number of aryl methyl sites for hydroxylation is 1. The quantitative estimate of drug-likeness (QED) is 0.328. The van der Waals surface area contributed by atoms with E-state index < -0.39 is 0 Å². The zero-order valence-electron chi connectivity index (χ0n) is 19.9. The van der Waals surface area contributed by atoms with Crippen molar-refractivity contribution in [2.75, 3.05) is 13.2 Å². The van der Waals surface area contributed by atoms with Crippen LogP contribution in [0.2, 0.25) is 0 Å². The molecule has 5 rings (SSSR count). The molecule has 180 valence electrons. The van der Waals surface area contributed by atoms with Gasteiger partial charge in [0.2, 0.25) is 5.78 Å². The molecule has 9 heteroatoms. The van der Waals surface area contributed by atoms with Gasteiger partial charge in [-0.05, 0) is 55.5 Å². The van der Waals surface area contributed by atoms with Crippen molar-refractivity contribution in [2.45, 2.75) is 33.9 Å². The van der Waals surface area contributed by atoms with Crippen LogP contribution in [-0.2, 0) is 13.1 Å². The van der Waals surface area contributed by atoms with Gasteiger partial charge in [0.1, 0.15) is 4.70 Å². The first-order valence-electron chi connectivity index (χ1n) is 11.5. The summed E-state index contributed by atoms with van der Waals surface area (Å²) in [7, 11) is 0. The van der Waals surface area contributed by atoms with E-state index in [2.05, 4.69) is 5.10 Å². The lowest BCUT2D eigenvalue weighted by molar-refractivity contribution is 0.287. The van der Waals surface area contributed by atoms with Gasteiger partial charge in [-0.2, -0.15) is 0 Å². The van der Waals surface area contributed by atoms with E-state index >= 15 is 0 Å². The molecule has 0 amide bonds. The zero-order chi connectivity index (χ0) is 24.5. The van der Waals surface area contributed by atoms with E-state index in [1.54, 1.807) is 10.6 Å². The van der Waals surface area contributed by atoms with Crippen LogP contribution < -0.4 is 20.7 Å². The molecule has 0 saturated carbocycles. The summed E-state index contributed by atoms with van der Waals surface area (Å²) >= 11 is 1.32. The van der Waals surface area contributed by atoms with Gasteiger partial charge in [-0.15, -0.1) is 16.4 Å². The number of nitrogens with zero attached hydrogens (tertiary/aromatic N) is 4. The first kappa shape index (κ1) is 22.9. The van der Waals surface area contributed by atoms with Gasteiger partial charge in [-0.1, -0.05) is 35.9 Å². The lowest BCUT2D eigenvalue weighted by Gasteiger charge is -2.13. The van der Waals surface area contributed by atoms with Crippen LogP contribution in [0.25, 0.3) is 16.0 Å². The third kappa shape index (κ3) is 4.23. The fraction of sp³-hybridized carbons (Fsp3) is 0.269. The van der Waals surface area contributed by atoms with Crippen LogP contribution in [0.5, 0.6) is 11.5 Å². The van der Waals surface area contributed by atoms with Gasteiger partial charge < -0.3 is 9.47 Å². The molecule has 0 aliphatic heterocycles. The molecule has 0 unspecified atom stereocenters. The van der Waals surface area contributed by atoms with Crippen LogP contribution in [0.1, 0.15) is 30.5 Å². The summed E-state index contributed by atoms with van der Waals surface area (Å²) in [6.45, 7) is 7.42. The first-order chi connectivity index (χ1) is 17.0. The highest BCUT2D eigenvalue weighted by atomic mass is 32.1. The van der Waals surface area contributed by atoms with E-state index in [4.69, 9.17) is 9.47 Å². The zero-order valence-corrected chi connectivity index (χ0v) is 20.7. The molecule has 0 bridgehead atoms. The molecule has 8 nitrogen and oxygen atoms in total. The van der Waals surface area contributed by atoms with Gasteiger partial charge in [0, 0.05) is 0 Å². The van der Waals surface area contributed by atoms with Crippen LogP contribution in [0.3, 0.4) is 0 Å². The fourth-order valence-corrected chi connectivity index (χ4v) is 4.95. The van der Waals surface area contributed by atoms with Crippen molar-refractivity contribution in [3.63, 3.8) is 0 Å². The summed E-state index contributed by atoms with van der Waals surface area (Å²) in [5, 5.41) is 6.42. The van der Waals surface area contributed by atoms with Gasteiger partial charge in [-0.3, -0.25) is 9.36 Å². The Morgan fingerprint density at radius 2 is 1.60 bits per heavy atom. The molecule has 3 aromatic heterocycles. The molecule has 35 heavy (non-hydrogen) atoms. The second kappa shape index (κ2) is 9.42. The number of thiophene rings is 1. The highest BCUT2D eigenvalue weighted by Crippen LogP contribution is 2.29. The van der Waals surface area contributed by atoms with E-state index in [-0.39, 0.29) is 17.8 Å². The molecule has 0 spiro atoms. The van der Waals surface area contributed by atoms with Crippen molar-refractivity contribution in [1.29, 1.82) is 0 Å². The maximum absolute atomic E-state index is 13.5. The van der Waals surface area contributed by atoms with E-state index in [0.717, 1.165) is 16.7 Å². The van der Waals surface area contributed by atoms with Gasteiger partial charge in [0.25, 0.3) is 5.56 Å². The highest BCUT2D eigenvalue weighted by molar-refractivity contribution is 7.17. The minimum atomic E-state index is -0.278. The average Bonchev–Trinajstić information content (AvgIpc) is 3.45. The summed E-state index contributed by atoms with van der Waals surface area (Å²) in [5.74, 6) is 1.59. The van der Waals surface area contributed by atoms with Crippen molar-refractivity contribution in [3.05, 3.63) is 91.4 Å². The maximum Gasteiger partial charge on any atom is 0.352 e. The van der Waals surface area contributed by atoms with Gasteiger partial charge in [-0.25, -0.2) is 13.9 Å². The van der Waals surface area contributed by atoms with Crippen molar-refractivity contribution in [3.8, 4) is 11.5 Å². The van der Waals surface area contributed by atoms with Crippen molar-refractivity contribution < 1.29 is 9.47 Å². The normalized spacial score (nSPS) is 11.4. The Labute approximate surface area is 205 Å². The summed E-state index contributed by atoms with van der Waals surface area (Å²) in [4.78, 5) is 26.9. The molecule has 0 fully saturated rings. The first-order valence-corrected chi connectivity index (χ1v) is 12.4. The molecule has 5 aromatic rings. The van der Waals surface area contributed by atoms with Crippen LogP contribution in [-0.4, -0.2) is 32.0 Å². The molecular weight excluding hydrogens is 464 g/mol. The number of rotatable bonds is 8. The Morgan fingerprint density at radius 1 is 0.886 bits per heavy atom. The maximum atomic E-state index is 13.5. The van der Waals surface area contributed by atoms with E-state index in [1.807, 2.05) is 68.6 Å². The molecule has 2 aromatic carbocycles. The number of fused-ring (bicyclic) bond motifs is 3. The minimum absolute atomic E-state index is 0.179. The van der Waals surface area contributed by atoms with Gasteiger partial charge in [0.15, 0.2) is 11.5 Å². The molecule has 0 radical (unpaired) electrons. The largest absolute Gasteiger partial charge is 0.490 e. The van der Waals surface area contributed by atoms with Crippen LogP contribution in [0.15, 0.2) is 63.5 Å². The molecule has 3 heterocycles. The number of hydrogen-bond acceptors (Lipinski definition) is 6. The van der Waals surface area contributed by atoms with E-state index in [9.17, 15) is 9.59 Å². The van der Waals surface area contributed by atoms with Crippen LogP contribution in [0.4, 0.5) is 0 Å². The van der Waals surface area contributed by atoms with Gasteiger partial charge in [0.05, 0.1) is 31.8 Å². The molecule has 0 saturated heterocycles. The Morgan fingerprint density at radius 3 is 2.34 bits per heavy atom. The monoisotopic (exact) mass is 490 g/mol. The number of hydrogen-bond donors (Lipinski definition) is 0. The van der Waals surface area contributed by atoms with E-state index in [1.165, 1.54) is 20.4 Å². The number of benzene rings is 2. The second-order valence-electron chi connectivity index (χ2n) is 8.23. The number of ether oxygens (including phenoxy) is 2. The molecule has 0 atom stereocenters. The summed E-state index contributed by atoms with van der Waals surface area (Å²) < 4.78 is 16.4. The predicted octanol–water partition coefficient (Wildman–Crippen LogP) is 4.07. The molecule has 0 aliphatic carbocycles. The summed E-state index contributed by atoms with van der Waals surface area (Å²) in [6.07, 6.45) is 0. The lowest BCUT2D eigenvalue weighted by Crippen LogP contribution is -2.26. The van der Waals surface area contributed by atoms with Gasteiger partial charge >= 0.3 is 5.69 Å². The third-order valence-corrected chi connectivity index (χ3v) is 6.68. The Kier molecular flexibility index (Phi) is 6.17. The SMILES string of the molecule is CCOc1ccc(Cn2c(=O)c3sccc3n3c(=O)n(Cc4ccc(C)cc4)nc23)cc1OCC. The van der Waals surface area contributed by atoms with Crippen molar-refractivity contribution in [1.82, 2.24) is 18.7 Å². The van der Waals surface area contributed by atoms with Crippen LogP contribution in [0, 0.1) is 6.92 Å². The molecule has 0 aliphatic rings. The second-order valence-corrected chi connectivity index (χ2v) is 9.15.